The van der Waals surface area contributed by atoms with Gasteiger partial charge in [-0.05, 0) is 29.9 Å². The highest BCUT2D eigenvalue weighted by Gasteiger charge is 2.34. The molecule has 140 valence electrons. The van der Waals surface area contributed by atoms with Crippen molar-refractivity contribution in [1.29, 1.82) is 0 Å². The summed E-state index contributed by atoms with van der Waals surface area (Å²) in [5.74, 6) is -1.17. The Morgan fingerprint density at radius 2 is 1.88 bits per heavy atom. The molecule has 1 rings (SSSR count). The lowest BCUT2D eigenvalue weighted by Crippen LogP contribution is -2.33. The van der Waals surface area contributed by atoms with Gasteiger partial charge in [-0.2, -0.15) is 13.2 Å². The zero-order valence-electron chi connectivity index (χ0n) is 14.9. The Hall–Kier alpha value is -1.54. The van der Waals surface area contributed by atoms with Crippen molar-refractivity contribution >= 4 is 24.4 Å². The first kappa shape index (κ1) is 21.5. The molecule has 0 aliphatic carbocycles. The number of rotatable bonds is 5. The van der Waals surface area contributed by atoms with Crippen LogP contribution in [-0.2, 0) is 11.0 Å². The fraction of sp³-hybridized carbons (Fsp3) is 0.529. The minimum absolute atomic E-state index is 0.0607. The average molecular weight is 375 g/mol. The van der Waals surface area contributed by atoms with Crippen LogP contribution >= 0.6 is 12.6 Å². The predicted octanol–water partition coefficient (Wildman–Crippen LogP) is 4.35. The number of hydrogen-bond donors (Lipinski definition) is 3. The molecule has 0 radical (unpaired) electrons. The summed E-state index contributed by atoms with van der Waals surface area (Å²) in [6.45, 7) is 8.75. The van der Waals surface area contributed by atoms with E-state index < -0.39 is 23.1 Å². The van der Waals surface area contributed by atoms with Crippen molar-refractivity contribution in [3.8, 4) is 0 Å². The number of carbonyl (C=O) groups excluding carboxylic acids is 1. The first-order valence-electron chi connectivity index (χ1n) is 7.81. The van der Waals surface area contributed by atoms with Gasteiger partial charge in [-0.3, -0.25) is 4.79 Å². The molecule has 1 aromatic heterocycles. The number of alkyl halides is 3. The van der Waals surface area contributed by atoms with Crippen molar-refractivity contribution in [2.45, 2.75) is 52.8 Å². The van der Waals surface area contributed by atoms with Gasteiger partial charge in [-0.15, -0.1) is 12.6 Å². The molecule has 0 fully saturated rings. The normalized spacial score (nSPS) is 14.6. The number of anilines is 1. The van der Waals surface area contributed by atoms with Gasteiger partial charge in [0.15, 0.2) is 0 Å². The summed E-state index contributed by atoms with van der Waals surface area (Å²) >= 11 is 4.12. The Balaban J connectivity index is 3.12. The maximum Gasteiger partial charge on any atom is 0.416 e. The van der Waals surface area contributed by atoms with E-state index in [0.29, 0.717) is 0 Å². The molecule has 0 bridgehead atoms. The number of halogens is 3. The molecular formula is C17H24F3N3OS. The number of pyridine rings is 1. The molecule has 0 aliphatic rings. The van der Waals surface area contributed by atoms with Crippen LogP contribution < -0.4 is 11.1 Å². The summed E-state index contributed by atoms with van der Waals surface area (Å²) in [5.41, 5.74) is 4.60. The van der Waals surface area contributed by atoms with Gasteiger partial charge < -0.3 is 11.1 Å². The van der Waals surface area contributed by atoms with Crippen LogP contribution in [0.3, 0.4) is 0 Å². The molecule has 8 heteroatoms. The molecule has 0 aliphatic heterocycles. The molecule has 1 aromatic rings. The summed E-state index contributed by atoms with van der Waals surface area (Å²) < 4.78 is 39.6. The third kappa shape index (κ3) is 5.74. The van der Waals surface area contributed by atoms with Crippen LogP contribution in [0.15, 0.2) is 23.2 Å². The van der Waals surface area contributed by atoms with E-state index >= 15 is 0 Å². The van der Waals surface area contributed by atoms with Crippen molar-refractivity contribution in [1.82, 2.24) is 4.98 Å². The molecule has 1 unspecified atom stereocenters. The highest BCUT2D eigenvalue weighted by molar-refractivity contribution is 7.85. The monoisotopic (exact) mass is 375 g/mol. The summed E-state index contributed by atoms with van der Waals surface area (Å²) in [7, 11) is 0. The van der Waals surface area contributed by atoms with Crippen molar-refractivity contribution in [3.05, 3.63) is 34.4 Å². The summed E-state index contributed by atoms with van der Waals surface area (Å²) in [4.78, 5) is 16.1. The minimum atomic E-state index is -4.53. The van der Waals surface area contributed by atoms with E-state index in [1.807, 2.05) is 13.8 Å². The van der Waals surface area contributed by atoms with E-state index in [0.717, 1.165) is 12.3 Å². The van der Waals surface area contributed by atoms with E-state index in [4.69, 9.17) is 5.73 Å². The van der Waals surface area contributed by atoms with E-state index in [1.165, 1.54) is 0 Å². The second-order valence-corrected chi connectivity index (χ2v) is 7.38. The maximum absolute atomic E-state index is 13.2. The van der Waals surface area contributed by atoms with Crippen LogP contribution in [-0.4, -0.2) is 16.9 Å². The molecule has 1 amide bonds. The zero-order valence-corrected chi connectivity index (χ0v) is 15.8. The third-order valence-corrected chi connectivity index (χ3v) is 4.35. The van der Waals surface area contributed by atoms with E-state index in [2.05, 4.69) is 22.9 Å². The molecule has 1 heterocycles. The number of aromatic nitrogens is 1. The van der Waals surface area contributed by atoms with E-state index in [-0.39, 0.29) is 28.2 Å². The van der Waals surface area contributed by atoms with Gasteiger partial charge in [0.2, 0.25) is 0 Å². The standard InChI is InChI=1S/C17H24F3N3OS/c1-9(2)11-8-22-14(6-12(11)17(18,19)20)23-15(24)13(25)7-16(4,5)10(3)21/h6-10,25H,21H2,1-5H3,(H,22,23,24)/b13-7-. The van der Waals surface area contributed by atoms with E-state index in [9.17, 15) is 18.0 Å². The van der Waals surface area contributed by atoms with Crippen LogP contribution in [0.5, 0.6) is 0 Å². The molecule has 1 atom stereocenters. The van der Waals surface area contributed by atoms with Gasteiger partial charge in [0.1, 0.15) is 5.82 Å². The largest absolute Gasteiger partial charge is 0.416 e. The first-order valence-corrected chi connectivity index (χ1v) is 8.26. The quantitative estimate of drug-likeness (QED) is 0.529. The molecule has 0 aromatic carbocycles. The SMILES string of the molecule is CC(C)c1cnc(NC(=O)/C(S)=C/C(C)(C)C(C)N)cc1C(F)(F)F. The first-order chi connectivity index (χ1) is 11.3. The second-order valence-electron chi connectivity index (χ2n) is 6.90. The third-order valence-electron chi connectivity index (χ3n) is 4.02. The Labute approximate surface area is 151 Å². The van der Waals surface area contributed by atoms with Gasteiger partial charge >= 0.3 is 6.18 Å². The Bertz CT molecular complexity index is 668. The Morgan fingerprint density at radius 1 is 1.32 bits per heavy atom. The van der Waals surface area contributed by atoms with Crippen molar-refractivity contribution in [2.75, 3.05) is 5.32 Å². The van der Waals surface area contributed by atoms with Crippen LogP contribution in [0.2, 0.25) is 0 Å². The summed E-state index contributed by atoms with van der Waals surface area (Å²) in [6, 6.07) is 0.605. The van der Waals surface area contributed by atoms with Crippen LogP contribution in [0.1, 0.15) is 51.7 Å². The predicted molar refractivity (Wildman–Crippen MR) is 96.5 cm³/mol. The summed E-state index contributed by atoms with van der Waals surface area (Å²) in [5, 5.41) is 2.35. The van der Waals surface area contributed by atoms with Crippen LogP contribution in [0, 0.1) is 5.41 Å². The van der Waals surface area contributed by atoms with Gasteiger partial charge in [0.25, 0.3) is 5.91 Å². The lowest BCUT2D eigenvalue weighted by atomic mass is 9.85. The second kappa shape index (κ2) is 7.78. The number of carbonyl (C=O) groups is 1. The highest BCUT2D eigenvalue weighted by atomic mass is 32.1. The molecule has 0 spiro atoms. The fourth-order valence-corrected chi connectivity index (χ4v) is 2.36. The average Bonchev–Trinajstić information content (AvgIpc) is 2.45. The van der Waals surface area contributed by atoms with Crippen LogP contribution in [0.25, 0.3) is 0 Å². The molecule has 4 nitrogen and oxygen atoms in total. The number of nitrogens with zero attached hydrogens (tertiary/aromatic N) is 1. The zero-order chi connectivity index (χ0) is 19.6. The molecule has 25 heavy (non-hydrogen) atoms. The minimum Gasteiger partial charge on any atom is -0.327 e. The molecular weight excluding hydrogens is 351 g/mol. The smallest absolute Gasteiger partial charge is 0.327 e. The number of amides is 1. The summed E-state index contributed by atoms with van der Waals surface area (Å²) in [6.07, 6.45) is -1.82. The number of hydrogen-bond acceptors (Lipinski definition) is 4. The lowest BCUT2D eigenvalue weighted by molar-refractivity contribution is -0.138. The fourth-order valence-electron chi connectivity index (χ4n) is 1.97. The molecule has 0 saturated heterocycles. The molecule has 3 N–H and O–H groups in total. The van der Waals surface area contributed by atoms with Crippen LogP contribution in [0.4, 0.5) is 19.0 Å². The van der Waals surface area contributed by atoms with Gasteiger partial charge in [-0.1, -0.05) is 33.8 Å². The van der Waals surface area contributed by atoms with Crippen molar-refractivity contribution in [3.63, 3.8) is 0 Å². The number of nitrogens with two attached hydrogens (primary N) is 1. The van der Waals surface area contributed by atoms with Crippen molar-refractivity contribution in [2.24, 2.45) is 11.1 Å². The van der Waals surface area contributed by atoms with Gasteiger partial charge in [-0.25, -0.2) is 4.98 Å². The Kier molecular flexibility index (Phi) is 6.69. The topological polar surface area (TPSA) is 68.0 Å². The Morgan fingerprint density at radius 3 is 2.32 bits per heavy atom. The highest BCUT2D eigenvalue weighted by Crippen LogP contribution is 2.36. The van der Waals surface area contributed by atoms with Gasteiger partial charge in [0, 0.05) is 12.2 Å². The lowest BCUT2D eigenvalue weighted by Gasteiger charge is -2.25. The number of nitrogens with one attached hydrogen (secondary N) is 1. The van der Waals surface area contributed by atoms with Gasteiger partial charge in [0.05, 0.1) is 10.5 Å². The number of thiol groups is 1. The van der Waals surface area contributed by atoms with Crippen molar-refractivity contribution < 1.29 is 18.0 Å². The van der Waals surface area contributed by atoms with E-state index in [1.54, 1.807) is 26.8 Å². The molecule has 0 saturated carbocycles. The maximum atomic E-state index is 13.2.